The Balaban J connectivity index is 0.000000956. The largest absolute Gasteiger partial charge is 0.416 e. The number of alkyl halides is 3. The number of nitrogens with zero attached hydrogens (tertiary/aromatic N) is 1. The van der Waals surface area contributed by atoms with Gasteiger partial charge in [-0.1, -0.05) is 20.3 Å². The molecule has 1 aliphatic heterocycles. The van der Waals surface area contributed by atoms with E-state index in [1.807, 2.05) is 13.8 Å². The van der Waals surface area contributed by atoms with E-state index >= 15 is 0 Å². The Morgan fingerprint density at radius 3 is 2.65 bits per heavy atom. The van der Waals surface area contributed by atoms with E-state index in [1.54, 1.807) is 0 Å². The van der Waals surface area contributed by atoms with E-state index in [0.717, 1.165) is 31.5 Å². The molecular weight excluding hydrogens is 265 g/mol. The Morgan fingerprint density at radius 1 is 1.30 bits per heavy atom. The maximum atomic E-state index is 12.5. The molecule has 2 nitrogen and oxygen atoms in total. The molecule has 0 aromatic carbocycles. The fraction of sp³-hybridized carbons (Fsp3) is 0.667. The second-order valence-corrected chi connectivity index (χ2v) is 4.72. The molecule has 0 spiro atoms. The van der Waals surface area contributed by atoms with Crippen LogP contribution in [0.25, 0.3) is 0 Å². The summed E-state index contributed by atoms with van der Waals surface area (Å²) < 4.78 is 37.6. The molecule has 2 heterocycles. The number of halogens is 3. The van der Waals surface area contributed by atoms with Gasteiger partial charge in [-0.3, -0.25) is 4.98 Å². The van der Waals surface area contributed by atoms with Crippen LogP contribution < -0.4 is 5.32 Å². The highest BCUT2D eigenvalue weighted by Crippen LogP contribution is 2.29. The minimum absolute atomic E-state index is 0.426. The van der Waals surface area contributed by atoms with Gasteiger partial charge in [-0.05, 0) is 44.4 Å². The molecule has 0 bridgehead atoms. The van der Waals surface area contributed by atoms with Crippen LogP contribution in [0.5, 0.6) is 0 Å². The molecule has 2 rings (SSSR count). The van der Waals surface area contributed by atoms with E-state index < -0.39 is 11.7 Å². The van der Waals surface area contributed by atoms with Gasteiger partial charge in [0.05, 0.1) is 5.56 Å². The van der Waals surface area contributed by atoms with Gasteiger partial charge in [-0.25, -0.2) is 0 Å². The molecule has 20 heavy (non-hydrogen) atoms. The Kier molecular flexibility index (Phi) is 6.99. The van der Waals surface area contributed by atoms with Crippen molar-refractivity contribution >= 4 is 0 Å². The van der Waals surface area contributed by atoms with E-state index in [1.165, 1.54) is 19.0 Å². The third-order valence-electron chi connectivity index (χ3n) is 3.31. The van der Waals surface area contributed by atoms with Crippen molar-refractivity contribution in [2.45, 2.75) is 58.2 Å². The zero-order chi connectivity index (χ0) is 15.0. The molecule has 1 N–H and O–H groups in total. The van der Waals surface area contributed by atoms with Gasteiger partial charge in [-0.2, -0.15) is 13.2 Å². The zero-order valence-corrected chi connectivity index (χ0v) is 12.1. The van der Waals surface area contributed by atoms with Crippen molar-refractivity contribution in [3.8, 4) is 0 Å². The lowest BCUT2D eigenvalue weighted by Crippen LogP contribution is -2.34. The number of piperidine rings is 1. The Bertz CT molecular complexity index is 385. The zero-order valence-electron chi connectivity index (χ0n) is 12.1. The summed E-state index contributed by atoms with van der Waals surface area (Å²) in [5.41, 5.74) is -0.0821. The first-order valence-electron chi connectivity index (χ1n) is 7.31. The van der Waals surface area contributed by atoms with Crippen LogP contribution in [0.1, 0.15) is 50.8 Å². The van der Waals surface area contributed by atoms with Crippen molar-refractivity contribution in [3.63, 3.8) is 0 Å². The van der Waals surface area contributed by atoms with Gasteiger partial charge in [0.15, 0.2) is 0 Å². The molecule has 1 aliphatic rings. The number of hydrogen-bond donors (Lipinski definition) is 1. The molecule has 114 valence electrons. The molecule has 5 heteroatoms. The summed E-state index contributed by atoms with van der Waals surface area (Å²) in [6.07, 6.45) is 1.92. The smallest absolute Gasteiger partial charge is 0.314 e. The fourth-order valence-electron chi connectivity index (χ4n) is 2.28. The van der Waals surface area contributed by atoms with Crippen molar-refractivity contribution in [1.29, 1.82) is 0 Å². The van der Waals surface area contributed by atoms with Gasteiger partial charge in [0, 0.05) is 17.9 Å². The number of pyridine rings is 1. The van der Waals surface area contributed by atoms with Gasteiger partial charge < -0.3 is 5.32 Å². The lowest BCUT2D eigenvalue weighted by atomic mass is 9.99. The van der Waals surface area contributed by atoms with Crippen LogP contribution in [0.2, 0.25) is 0 Å². The number of hydrogen-bond acceptors (Lipinski definition) is 2. The van der Waals surface area contributed by atoms with Crippen molar-refractivity contribution in [2.75, 3.05) is 6.54 Å². The molecule has 1 aromatic rings. The molecule has 0 aliphatic carbocycles. The van der Waals surface area contributed by atoms with Gasteiger partial charge in [0.1, 0.15) is 0 Å². The summed E-state index contributed by atoms with van der Waals surface area (Å²) >= 11 is 0. The second-order valence-electron chi connectivity index (χ2n) is 4.72. The van der Waals surface area contributed by atoms with E-state index in [2.05, 4.69) is 10.3 Å². The molecule has 1 saturated heterocycles. The van der Waals surface area contributed by atoms with Crippen LogP contribution in [0, 0.1) is 0 Å². The standard InChI is InChI=1S/C13H17F3N2.C2H6/c14-13(15,16)10-6-8-18-12(9-10)5-4-11-3-1-2-7-17-11;1-2/h6,8-9,11,17H,1-5,7H2;1-2H3. The van der Waals surface area contributed by atoms with E-state index in [9.17, 15) is 13.2 Å². The predicted octanol–water partition coefficient (Wildman–Crippen LogP) is 4.20. The minimum atomic E-state index is -4.28. The van der Waals surface area contributed by atoms with Crippen LogP contribution in [0.15, 0.2) is 18.3 Å². The Hall–Kier alpha value is -1.10. The van der Waals surface area contributed by atoms with Gasteiger partial charge in [0.2, 0.25) is 0 Å². The highest BCUT2D eigenvalue weighted by molar-refractivity contribution is 5.19. The highest BCUT2D eigenvalue weighted by Gasteiger charge is 2.30. The first-order valence-corrected chi connectivity index (χ1v) is 7.31. The molecular formula is C15H23F3N2. The van der Waals surface area contributed by atoms with Crippen molar-refractivity contribution in [3.05, 3.63) is 29.6 Å². The maximum Gasteiger partial charge on any atom is 0.416 e. The highest BCUT2D eigenvalue weighted by atomic mass is 19.4. The minimum Gasteiger partial charge on any atom is -0.314 e. The first kappa shape index (κ1) is 17.0. The van der Waals surface area contributed by atoms with E-state index in [-0.39, 0.29) is 0 Å². The molecule has 1 fully saturated rings. The van der Waals surface area contributed by atoms with Gasteiger partial charge in [-0.15, -0.1) is 0 Å². The normalized spacial score (nSPS) is 19.1. The van der Waals surface area contributed by atoms with Crippen LogP contribution in [0.3, 0.4) is 0 Å². The topological polar surface area (TPSA) is 24.9 Å². The number of aromatic nitrogens is 1. The van der Waals surface area contributed by atoms with Crippen LogP contribution in [-0.2, 0) is 12.6 Å². The monoisotopic (exact) mass is 288 g/mol. The summed E-state index contributed by atoms with van der Waals surface area (Å²) in [4.78, 5) is 4.01. The number of aryl methyl sites for hydroxylation is 1. The Morgan fingerprint density at radius 2 is 2.05 bits per heavy atom. The molecule has 1 atom stereocenters. The lowest BCUT2D eigenvalue weighted by molar-refractivity contribution is -0.137. The lowest BCUT2D eigenvalue weighted by Gasteiger charge is -2.23. The van der Waals surface area contributed by atoms with E-state index in [4.69, 9.17) is 0 Å². The van der Waals surface area contributed by atoms with Crippen molar-refractivity contribution < 1.29 is 13.2 Å². The summed E-state index contributed by atoms with van der Waals surface area (Å²) in [5, 5.41) is 3.38. The number of nitrogens with one attached hydrogen (secondary N) is 1. The summed E-state index contributed by atoms with van der Waals surface area (Å²) in [6, 6.07) is 2.60. The Labute approximate surface area is 118 Å². The molecule has 0 saturated carbocycles. The molecule has 1 aromatic heterocycles. The van der Waals surface area contributed by atoms with Gasteiger partial charge >= 0.3 is 6.18 Å². The predicted molar refractivity (Wildman–Crippen MR) is 74.5 cm³/mol. The van der Waals surface area contributed by atoms with Crippen molar-refractivity contribution in [2.24, 2.45) is 0 Å². The molecule has 1 unspecified atom stereocenters. The van der Waals surface area contributed by atoms with E-state index in [0.29, 0.717) is 18.2 Å². The van der Waals surface area contributed by atoms with Crippen LogP contribution in [0.4, 0.5) is 13.2 Å². The molecule has 0 amide bonds. The number of rotatable bonds is 3. The SMILES string of the molecule is CC.FC(F)(F)c1ccnc(CCC2CCCCN2)c1. The quantitative estimate of drug-likeness (QED) is 0.901. The summed E-state index contributed by atoms with van der Waals surface area (Å²) in [6.45, 7) is 5.01. The molecule has 0 radical (unpaired) electrons. The average Bonchev–Trinajstić information content (AvgIpc) is 2.48. The summed E-state index contributed by atoms with van der Waals surface area (Å²) in [5.74, 6) is 0. The average molecular weight is 288 g/mol. The fourth-order valence-corrected chi connectivity index (χ4v) is 2.28. The van der Waals surface area contributed by atoms with Crippen molar-refractivity contribution in [1.82, 2.24) is 10.3 Å². The van der Waals surface area contributed by atoms with Crippen LogP contribution >= 0.6 is 0 Å². The van der Waals surface area contributed by atoms with Gasteiger partial charge in [0.25, 0.3) is 0 Å². The second kappa shape index (κ2) is 8.25. The third kappa shape index (κ3) is 5.49. The maximum absolute atomic E-state index is 12.5. The van der Waals surface area contributed by atoms with Crippen LogP contribution in [-0.4, -0.2) is 17.6 Å². The summed E-state index contributed by atoms with van der Waals surface area (Å²) in [7, 11) is 0. The first-order chi connectivity index (χ1) is 9.55. The third-order valence-corrected chi connectivity index (χ3v) is 3.31.